The number of fused-ring (bicyclic) bond motifs is 1. The summed E-state index contributed by atoms with van der Waals surface area (Å²) in [7, 11) is 0. The number of hydrogen-bond acceptors (Lipinski definition) is 4. The summed E-state index contributed by atoms with van der Waals surface area (Å²) >= 11 is 0. The van der Waals surface area contributed by atoms with E-state index in [1.165, 1.54) is 16.5 Å². The van der Waals surface area contributed by atoms with Crippen molar-refractivity contribution in [3.63, 3.8) is 0 Å². The van der Waals surface area contributed by atoms with Gasteiger partial charge in [-0.05, 0) is 67.6 Å². The second-order valence-corrected chi connectivity index (χ2v) is 8.52. The summed E-state index contributed by atoms with van der Waals surface area (Å²) in [4.78, 5) is 27.7. The molecule has 0 radical (unpaired) electrons. The molecule has 1 unspecified atom stereocenters. The molecule has 0 bridgehead atoms. The van der Waals surface area contributed by atoms with Gasteiger partial charge in [-0.1, -0.05) is 24.3 Å². The molecule has 1 atom stereocenters. The van der Waals surface area contributed by atoms with Gasteiger partial charge in [-0.15, -0.1) is 0 Å². The third kappa shape index (κ3) is 4.41. The topological polar surface area (TPSA) is 73.9 Å². The Hall–Kier alpha value is -3.51. The van der Waals surface area contributed by atoms with E-state index in [0.717, 1.165) is 49.7 Å². The van der Waals surface area contributed by atoms with Gasteiger partial charge in [0.15, 0.2) is 0 Å². The van der Waals surface area contributed by atoms with Gasteiger partial charge in [0.2, 0.25) is 0 Å². The molecule has 32 heavy (non-hydrogen) atoms. The van der Waals surface area contributed by atoms with Crippen LogP contribution in [0.25, 0.3) is 10.9 Å². The molecule has 6 heteroatoms. The highest BCUT2D eigenvalue weighted by molar-refractivity contribution is 6.04. The first-order chi connectivity index (χ1) is 15.7. The van der Waals surface area contributed by atoms with Crippen LogP contribution in [0.1, 0.15) is 46.2 Å². The molecule has 2 N–H and O–H groups in total. The van der Waals surface area contributed by atoms with Crippen molar-refractivity contribution in [3.05, 3.63) is 89.6 Å². The predicted molar refractivity (Wildman–Crippen MR) is 127 cm³/mol. The zero-order chi connectivity index (χ0) is 21.9. The van der Waals surface area contributed by atoms with Crippen LogP contribution in [0.2, 0.25) is 0 Å². The maximum Gasteiger partial charge on any atom is 0.259 e. The highest BCUT2D eigenvalue weighted by Gasteiger charge is 2.24. The maximum absolute atomic E-state index is 12.6. The molecule has 3 heterocycles. The molecule has 0 aliphatic carbocycles. The van der Waals surface area contributed by atoms with Crippen LogP contribution in [-0.2, 0) is 6.54 Å². The fourth-order valence-corrected chi connectivity index (χ4v) is 4.49. The normalized spacial score (nSPS) is 16.8. The van der Waals surface area contributed by atoms with E-state index in [9.17, 15) is 4.79 Å². The largest absolute Gasteiger partial charge is 0.361 e. The van der Waals surface area contributed by atoms with Gasteiger partial charge < -0.3 is 10.3 Å². The number of amides is 1. The zero-order valence-electron chi connectivity index (χ0n) is 18.2. The molecule has 6 nitrogen and oxygen atoms in total. The number of para-hydroxylation sites is 1. The predicted octanol–water partition coefficient (Wildman–Crippen LogP) is 4.90. The zero-order valence-corrected chi connectivity index (χ0v) is 18.2. The molecule has 2 aromatic carbocycles. The third-order valence-corrected chi connectivity index (χ3v) is 6.17. The first kappa shape index (κ1) is 20.4. The summed E-state index contributed by atoms with van der Waals surface area (Å²) in [5, 5.41) is 4.16. The van der Waals surface area contributed by atoms with Crippen LogP contribution in [0.15, 0.2) is 67.0 Å². The van der Waals surface area contributed by atoms with Crippen LogP contribution >= 0.6 is 0 Å². The van der Waals surface area contributed by atoms with Crippen molar-refractivity contribution in [2.45, 2.75) is 32.2 Å². The summed E-state index contributed by atoms with van der Waals surface area (Å²) in [6, 6.07) is 18.2. The molecular formula is C26H27N5O. The van der Waals surface area contributed by atoms with Crippen molar-refractivity contribution < 1.29 is 4.79 Å². The fourth-order valence-electron chi connectivity index (χ4n) is 4.49. The molecule has 1 amide bonds. The number of H-pyrrole nitrogens is 1. The van der Waals surface area contributed by atoms with E-state index in [2.05, 4.69) is 44.5 Å². The standard InChI is InChI=1S/C26H27N5O/c1-18-23(26(32)30-22-7-3-2-4-8-22)15-28-25(29-18)21-6-5-13-31(17-21)16-19-9-10-24-20(14-19)11-12-27-24/h2-4,7-12,14-15,21,27H,5-6,13,16-17H2,1H3,(H,30,32). The average molecular weight is 426 g/mol. The number of nitrogens with one attached hydrogen (secondary N) is 2. The van der Waals surface area contributed by atoms with Crippen molar-refractivity contribution in [2.75, 3.05) is 18.4 Å². The SMILES string of the molecule is Cc1nc(C2CCCN(Cc3ccc4[nH]ccc4c3)C2)ncc1C(=O)Nc1ccccc1. The second-order valence-electron chi connectivity index (χ2n) is 8.52. The van der Waals surface area contributed by atoms with E-state index in [1.807, 2.05) is 43.5 Å². The maximum atomic E-state index is 12.6. The Morgan fingerprint density at radius 3 is 2.91 bits per heavy atom. The molecule has 1 saturated heterocycles. The molecular weight excluding hydrogens is 398 g/mol. The fraction of sp³-hybridized carbons (Fsp3) is 0.269. The number of aromatic amines is 1. The van der Waals surface area contributed by atoms with Gasteiger partial charge >= 0.3 is 0 Å². The molecule has 1 fully saturated rings. The van der Waals surface area contributed by atoms with Crippen molar-refractivity contribution >= 4 is 22.5 Å². The number of aryl methyl sites for hydroxylation is 1. The van der Waals surface area contributed by atoms with E-state index in [-0.39, 0.29) is 11.8 Å². The van der Waals surface area contributed by atoms with Crippen molar-refractivity contribution in [1.82, 2.24) is 19.9 Å². The van der Waals surface area contributed by atoms with Crippen LogP contribution in [0.4, 0.5) is 5.69 Å². The lowest BCUT2D eigenvalue weighted by atomic mass is 9.96. The van der Waals surface area contributed by atoms with Crippen LogP contribution in [0.3, 0.4) is 0 Å². The number of piperidine rings is 1. The van der Waals surface area contributed by atoms with E-state index >= 15 is 0 Å². The number of anilines is 1. The molecule has 5 rings (SSSR count). The molecule has 1 aliphatic rings. The van der Waals surface area contributed by atoms with E-state index in [1.54, 1.807) is 6.20 Å². The third-order valence-electron chi connectivity index (χ3n) is 6.17. The Labute approximate surface area is 187 Å². The number of aromatic nitrogens is 3. The molecule has 4 aromatic rings. The van der Waals surface area contributed by atoms with Crippen LogP contribution < -0.4 is 5.32 Å². The highest BCUT2D eigenvalue weighted by atomic mass is 16.1. The van der Waals surface area contributed by atoms with Gasteiger partial charge in [0.25, 0.3) is 5.91 Å². The summed E-state index contributed by atoms with van der Waals surface area (Å²) < 4.78 is 0. The van der Waals surface area contributed by atoms with Crippen molar-refractivity contribution in [3.8, 4) is 0 Å². The Kier molecular flexibility index (Phi) is 5.69. The number of carbonyl (C=O) groups is 1. The minimum Gasteiger partial charge on any atom is -0.361 e. The average Bonchev–Trinajstić information content (AvgIpc) is 3.28. The summed E-state index contributed by atoms with van der Waals surface area (Å²) in [6.07, 6.45) is 5.85. The van der Waals surface area contributed by atoms with Gasteiger partial charge in [0.1, 0.15) is 5.82 Å². The number of carbonyl (C=O) groups excluding carboxylic acids is 1. The number of nitrogens with zero attached hydrogens (tertiary/aromatic N) is 3. The van der Waals surface area contributed by atoms with Crippen LogP contribution in [-0.4, -0.2) is 38.8 Å². The first-order valence-electron chi connectivity index (χ1n) is 11.1. The van der Waals surface area contributed by atoms with Gasteiger partial charge in [-0.25, -0.2) is 9.97 Å². The van der Waals surface area contributed by atoms with Gasteiger partial charge in [0.05, 0.1) is 11.3 Å². The van der Waals surface area contributed by atoms with Gasteiger partial charge in [0, 0.05) is 42.6 Å². The Bertz CT molecular complexity index is 1230. The van der Waals surface area contributed by atoms with E-state index in [0.29, 0.717) is 5.56 Å². The first-order valence-corrected chi connectivity index (χ1v) is 11.1. The van der Waals surface area contributed by atoms with Crippen molar-refractivity contribution in [1.29, 1.82) is 0 Å². The van der Waals surface area contributed by atoms with E-state index < -0.39 is 0 Å². The van der Waals surface area contributed by atoms with Crippen LogP contribution in [0, 0.1) is 6.92 Å². The minimum atomic E-state index is -0.175. The Morgan fingerprint density at radius 2 is 2.06 bits per heavy atom. The summed E-state index contributed by atoms with van der Waals surface area (Å²) in [5.74, 6) is 0.944. The van der Waals surface area contributed by atoms with Gasteiger partial charge in [-0.3, -0.25) is 9.69 Å². The lowest BCUT2D eigenvalue weighted by Crippen LogP contribution is -2.34. The molecule has 162 valence electrons. The van der Waals surface area contributed by atoms with Gasteiger partial charge in [-0.2, -0.15) is 0 Å². The number of likely N-dealkylation sites (tertiary alicyclic amines) is 1. The van der Waals surface area contributed by atoms with E-state index in [4.69, 9.17) is 4.98 Å². The molecule has 0 spiro atoms. The smallest absolute Gasteiger partial charge is 0.259 e. The van der Waals surface area contributed by atoms with Crippen molar-refractivity contribution in [2.24, 2.45) is 0 Å². The lowest BCUT2D eigenvalue weighted by Gasteiger charge is -2.32. The minimum absolute atomic E-state index is 0.175. The molecule has 2 aromatic heterocycles. The Morgan fingerprint density at radius 1 is 1.19 bits per heavy atom. The molecule has 0 saturated carbocycles. The number of rotatable bonds is 5. The second kappa shape index (κ2) is 8.93. The lowest BCUT2D eigenvalue weighted by molar-refractivity contribution is 0.102. The highest BCUT2D eigenvalue weighted by Crippen LogP contribution is 2.27. The monoisotopic (exact) mass is 425 g/mol. The Balaban J connectivity index is 1.26. The quantitative estimate of drug-likeness (QED) is 0.477. The summed E-state index contributed by atoms with van der Waals surface area (Å²) in [6.45, 7) is 4.82. The molecule has 1 aliphatic heterocycles. The summed E-state index contributed by atoms with van der Waals surface area (Å²) in [5.41, 5.74) is 4.50. The number of benzene rings is 2. The number of hydrogen-bond donors (Lipinski definition) is 2. The van der Waals surface area contributed by atoms with Crippen LogP contribution in [0.5, 0.6) is 0 Å².